The van der Waals surface area contributed by atoms with Gasteiger partial charge in [-0.3, -0.25) is 0 Å². The lowest BCUT2D eigenvalue weighted by atomic mass is 10.7. The van der Waals surface area contributed by atoms with Crippen LogP contribution < -0.4 is 0 Å². The molecule has 0 saturated carbocycles. The summed E-state index contributed by atoms with van der Waals surface area (Å²) in [5.41, 5.74) is 0. The van der Waals surface area contributed by atoms with Crippen molar-refractivity contribution in [3.63, 3.8) is 0 Å². The number of hydrogen-bond donors (Lipinski definition) is 1. The van der Waals surface area contributed by atoms with E-state index in [4.69, 9.17) is 0 Å². The van der Waals surface area contributed by atoms with Gasteiger partial charge >= 0.3 is 0 Å². The van der Waals surface area contributed by atoms with Crippen LogP contribution in [0.3, 0.4) is 0 Å². The molecule has 6 heteroatoms. The van der Waals surface area contributed by atoms with E-state index >= 15 is 0 Å². The normalized spacial score (nSPS) is 15.9. The molecule has 0 saturated heterocycles. The highest BCUT2D eigenvalue weighted by atomic mass is 32.4. The van der Waals surface area contributed by atoms with Crippen molar-refractivity contribution < 1.29 is 11.7 Å². The van der Waals surface area contributed by atoms with E-state index in [0.717, 1.165) is 0 Å². The summed E-state index contributed by atoms with van der Waals surface area (Å²) >= 11 is 0. The Bertz CT molecular complexity index is 157. The van der Waals surface area contributed by atoms with Crippen molar-refractivity contribution in [2.75, 3.05) is 26.2 Å². The Morgan fingerprint density at radius 3 is 1.07 bits per heavy atom. The van der Waals surface area contributed by atoms with Gasteiger partial charge in [-0.25, -0.2) is 8.61 Å². The summed E-state index contributed by atoms with van der Waals surface area (Å²) < 4.78 is 42.6. The van der Waals surface area contributed by atoms with Crippen LogP contribution in [0.15, 0.2) is 0 Å². The molecule has 0 N–H and O–H groups in total. The van der Waals surface area contributed by atoms with Crippen LogP contribution in [0.5, 0.6) is 0 Å². The molecular formula is C8H21F3N2S. The Morgan fingerprint density at radius 1 is 0.714 bits per heavy atom. The van der Waals surface area contributed by atoms with E-state index in [1.807, 2.05) is 0 Å². The van der Waals surface area contributed by atoms with Gasteiger partial charge in [0.1, 0.15) is 10.7 Å². The van der Waals surface area contributed by atoms with Crippen LogP contribution in [0.25, 0.3) is 0 Å². The molecular weight excluding hydrogens is 213 g/mol. The average Bonchev–Trinajstić information content (AvgIpc) is 2.05. The van der Waals surface area contributed by atoms with Crippen molar-refractivity contribution in [1.29, 1.82) is 0 Å². The van der Waals surface area contributed by atoms with Gasteiger partial charge in [-0.15, -0.1) is 11.7 Å². The number of rotatable bonds is 6. The summed E-state index contributed by atoms with van der Waals surface area (Å²) in [5, 5.41) is 0. The minimum absolute atomic E-state index is 0.0360. The zero-order valence-electron chi connectivity index (χ0n) is 9.30. The maximum absolute atomic E-state index is 13.8. The largest absolute Gasteiger partial charge is 0.209 e. The first-order valence-corrected chi connectivity index (χ1v) is 6.81. The van der Waals surface area contributed by atoms with Crippen LogP contribution in [-0.2, 0) is 0 Å². The third kappa shape index (κ3) is 2.55. The van der Waals surface area contributed by atoms with Crippen molar-refractivity contribution in [3.05, 3.63) is 0 Å². The van der Waals surface area contributed by atoms with Crippen molar-refractivity contribution in [2.24, 2.45) is 0 Å². The third-order valence-electron chi connectivity index (χ3n) is 2.35. The van der Waals surface area contributed by atoms with E-state index in [9.17, 15) is 11.7 Å². The van der Waals surface area contributed by atoms with E-state index in [2.05, 4.69) is 0 Å². The fourth-order valence-corrected chi connectivity index (χ4v) is 3.67. The molecule has 0 aliphatic carbocycles. The van der Waals surface area contributed by atoms with Crippen LogP contribution in [0.4, 0.5) is 11.7 Å². The van der Waals surface area contributed by atoms with Gasteiger partial charge in [0.2, 0.25) is 0 Å². The Hall–Kier alpha value is 0.0600. The molecule has 0 amide bonds. The van der Waals surface area contributed by atoms with Gasteiger partial charge in [0.05, 0.1) is 0 Å². The second-order valence-corrected chi connectivity index (χ2v) is 5.61. The predicted molar refractivity (Wildman–Crippen MR) is 58.2 cm³/mol. The first-order valence-electron chi connectivity index (χ1n) is 5.00. The smallest absolute Gasteiger partial charge is 0.133 e. The fourth-order valence-electron chi connectivity index (χ4n) is 1.52. The number of thiol groups is 1. The lowest BCUT2D eigenvalue weighted by molar-refractivity contribution is 0.294. The first-order chi connectivity index (χ1) is 6.32. The minimum Gasteiger partial charge on any atom is -0.209 e. The zero-order chi connectivity index (χ0) is 11.4. The van der Waals surface area contributed by atoms with Gasteiger partial charge in [-0.1, -0.05) is 27.7 Å². The van der Waals surface area contributed by atoms with Crippen LogP contribution in [-0.4, -0.2) is 34.8 Å². The van der Waals surface area contributed by atoms with Crippen molar-refractivity contribution in [1.82, 2.24) is 8.61 Å². The van der Waals surface area contributed by atoms with E-state index in [0.29, 0.717) is 8.61 Å². The first kappa shape index (κ1) is 14.1. The van der Waals surface area contributed by atoms with E-state index in [1.54, 1.807) is 27.7 Å². The maximum Gasteiger partial charge on any atom is 0.133 e. The maximum atomic E-state index is 13.8. The van der Waals surface area contributed by atoms with Crippen LogP contribution >= 0.6 is 10.7 Å². The van der Waals surface area contributed by atoms with E-state index in [-0.39, 0.29) is 26.2 Å². The SMILES string of the molecule is CCN(CC)[SH](F)(F)(F)N(CC)CC. The second-order valence-electron chi connectivity index (χ2n) is 3.01. The number of hydrogen-bond acceptors (Lipinski definition) is 2. The standard InChI is InChI=1S/C8H21F3N2S/c1-5-12(6-2)14(9,10,11)13(7-3)8-4/h14H,5-8H2,1-4H3. The zero-order valence-corrected chi connectivity index (χ0v) is 10.2. The molecule has 0 heterocycles. The van der Waals surface area contributed by atoms with Gasteiger partial charge in [0, 0.05) is 26.2 Å². The van der Waals surface area contributed by atoms with Gasteiger partial charge in [-0.2, -0.15) is 0 Å². The Labute approximate surface area is 85.5 Å². The van der Waals surface area contributed by atoms with Crippen molar-refractivity contribution in [2.45, 2.75) is 27.7 Å². The highest BCUT2D eigenvalue weighted by Gasteiger charge is 2.47. The molecule has 0 fully saturated rings. The monoisotopic (exact) mass is 234 g/mol. The van der Waals surface area contributed by atoms with Crippen molar-refractivity contribution >= 4 is 10.7 Å². The lowest BCUT2D eigenvalue weighted by Gasteiger charge is -2.54. The summed E-state index contributed by atoms with van der Waals surface area (Å²) in [6.07, 6.45) is 0. The molecule has 0 aromatic rings. The summed E-state index contributed by atoms with van der Waals surface area (Å²) in [4.78, 5) is 0. The molecule has 0 bridgehead atoms. The molecule has 90 valence electrons. The molecule has 0 aromatic carbocycles. The molecule has 0 rings (SSSR count). The molecule has 0 aliphatic rings. The topological polar surface area (TPSA) is 6.48 Å². The van der Waals surface area contributed by atoms with Crippen LogP contribution in [0, 0.1) is 0 Å². The molecule has 14 heavy (non-hydrogen) atoms. The molecule has 0 aromatic heterocycles. The number of halogens is 3. The summed E-state index contributed by atoms with van der Waals surface area (Å²) in [6, 6.07) is 0. The molecule has 0 unspecified atom stereocenters. The Morgan fingerprint density at radius 2 is 0.929 bits per heavy atom. The van der Waals surface area contributed by atoms with Gasteiger partial charge in [0.25, 0.3) is 0 Å². The minimum atomic E-state index is -6.27. The summed E-state index contributed by atoms with van der Waals surface area (Å²) in [6.45, 7) is 6.34. The molecule has 0 atom stereocenters. The summed E-state index contributed by atoms with van der Waals surface area (Å²) in [7, 11) is -6.27. The van der Waals surface area contributed by atoms with Gasteiger partial charge in [-0.05, 0) is 0 Å². The predicted octanol–water partition coefficient (Wildman–Crippen LogP) is 3.23. The van der Waals surface area contributed by atoms with E-state index < -0.39 is 10.7 Å². The van der Waals surface area contributed by atoms with Gasteiger partial charge in [0.15, 0.2) is 0 Å². The average molecular weight is 234 g/mol. The summed E-state index contributed by atoms with van der Waals surface area (Å²) in [5.74, 6) is 0. The van der Waals surface area contributed by atoms with Crippen LogP contribution in [0.1, 0.15) is 27.7 Å². The molecule has 0 radical (unpaired) electrons. The fraction of sp³-hybridized carbons (Fsp3) is 1.00. The van der Waals surface area contributed by atoms with Crippen molar-refractivity contribution in [3.8, 4) is 0 Å². The van der Waals surface area contributed by atoms with E-state index in [1.165, 1.54) is 0 Å². The quantitative estimate of drug-likeness (QED) is 0.705. The molecule has 0 spiro atoms. The highest BCUT2D eigenvalue weighted by molar-refractivity contribution is 8.33. The highest BCUT2D eigenvalue weighted by Crippen LogP contribution is 2.78. The Balaban J connectivity index is 4.96. The molecule has 0 aliphatic heterocycles. The third-order valence-corrected chi connectivity index (χ3v) is 5.27. The second kappa shape index (κ2) is 4.72. The lowest BCUT2D eigenvalue weighted by Crippen LogP contribution is -2.41. The number of nitrogens with zero attached hydrogens (tertiary/aromatic N) is 2. The van der Waals surface area contributed by atoms with Gasteiger partial charge < -0.3 is 0 Å². The molecule has 2 nitrogen and oxygen atoms in total. The van der Waals surface area contributed by atoms with Crippen LogP contribution in [0.2, 0.25) is 0 Å². The Kier molecular flexibility index (Phi) is 4.74.